The van der Waals surface area contributed by atoms with Gasteiger partial charge in [-0.3, -0.25) is 9.59 Å². The molecule has 0 aliphatic carbocycles. The molecule has 2 N–H and O–H groups in total. The molecule has 0 atom stereocenters. The third-order valence-electron chi connectivity index (χ3n) is 3.52. The molecular formula is C19H17N3O2S2. The van der Waals surface area contributed by atoms with Crippen molar-refractivity contribution in [1.29, 1.82) is 0 Å². The molecule has 3 aromatic rings. The molecule has 0 spiro atoms. The van der Waals surface area contributed by atoms with Crippen molar-refractivity contribution in [2.45, 2.75) is 11.3 Å². The largest absolute Gasteiger partial charge is 0.321 e. The van der Waals surface area contributed by atoms with Gasteiger partial charge in [0.05, 0.1) is 6.42 Å². The fourth-order valence-electron chi connectivity index (χ4n) is 2.28. The number of aromatic nitrogens is 1. The Morgan fingerprint density at radius 3 is 2.65 bits per heavy atom. The van der Waals surface area contributed by atoms with Crippen LogP contribution in [0, 0.1) is 0 Å². The zero-order valence-corrected chi connectivity index (χ0v) is 15.7. The molecule has 2 aromatic carbocycles. The smallest absolute Gasteiger partial charge is 0.275 e. The van der Waals surface area contributed by atoms with Gasteiger partial charge in [0.15, 0.2) is 5.13 Å². The Balaban J connectivity index is 1.60. The molecule has 0 unspecified atom stereocenters. The molecule has 2 amide bonds. The molecule has 7 heteroatoms. The van der Waals surface area contributed by atoms with E-state index in [1.165, 1.54) is 11.3 Å². The van der Waals surface area contributed by atoms with E-state index in [4.69, 9.17) is 0 Å². The van der Waals surface area contributed by atoms with Crippen molar-refractivity contribution in [2.75, 3.05) is 16.9 Å². The lowest BCUT2D eigenvalue weighted by Crippen LogP contribution is -2.15. The van der Waals surface area contributed by atoms with Gasteiger partial charge in [0.1, 0.15) is 5.69 Å². The number of anilines is 2. The van der Waals surface area contributed by atoms with E-state index in [0.717, 1.165) is 10.5 Å². The van der Waals surface area contributed by atoms with Gasteiger partial charge < -0.3 is 10.6 Å². The number of benzene rings is 2. The van der Waals surface area contributed by atoms with E-state index in [1.807, 2.05) is 60.9 Å². The van der Waals surface area contributed by atoms with Crippen LogP contribution in [0.5, 0.6) is 0 Å². The van der Waals surface area contributed by atoms with Crippen molar-refractivity contribution in [3.05, 3.63) is 71.2 Å². The minimum atomic E-state index is -0.303. The van der Waals surface area contributed by atoms with Crippen molar-refractivity contribution in [1.82, 2.24) is 4.98 Å². The second-order valence-corrected chi connectivity index (χ2v) is 7.17. The van der Waals surface area contributed by atoms with Crippen LogP contribution in [-0.2, 0) is 11.2 Å². The SMILES string of the molecule is CSc1cccc(NC(=O)c2csc(NC(=O)Cc3ccccc3)n2)c1. The van der Waals surface area contributed by atoms with Crippen LogP contribution in [0.15, 0.2) is 64.9 Å². The number of nitrogens with one attached hydrogen (secondary N) is 2. The molecule has 3 rings (SSSR count). The number of carbonyl (C=O) groups excluding carboxylic acids is 2. The molecule has 0 saturated heterocycles. The minimum absolute atomic E-state index is 0.162. The van der Waals surface area contributed by atoms with E-state index in [2.05, 4.69) is 15.6 Å². The summed E-state index contributed by atoms with van der Waals surface area (Å²) in [4.78, 5) is 29.7. The lowest BCUT2D eigenvalue weighted by atomic mass is 10.1. The number of hydrogen-bond acceptors (Lipinski definition) is 5. The highest BCUT2D eigenvalue weighted by Gasteiger charge is 2.13. The lowest BCUT2D eigenvalue weighted by Gasteiger charge is -2.04. The Hall–Kier alpha value is -2.64. The molecule has 26 heavy (non-hydrogen) atoms. The van der Waals surface area contributed by atoms with Gasteiger partial charge in [0.25, 0.3) is 5.91 Å². The van der Waals surface area contributed by atoms with Gasteiger partial charge in [-0.05, 0) is 30.0 Å². The molecule has 132 valence electrons. The Labute approximate surface area is 159 Å². The summed E-state index contributed by atoms with van der Waals surface area (Å²) in [5.41, 5.74) is 1.91. The summed E-state index contributed by atoms with van der Waals surface area (Å²) in [5.74, 6) is -0.465. The summed E-state index contributed by atoms with van der Waals surface area (Å²) >= 11 is 2.83. The average molecular weight is 383 g/mol. The summed E-state index contributed by atoms with van der Waals surface area (Å²) in [6, 6.07) is 17.1. The monoisotopic (exact) mass is 383 g/mol. The number of nitrogens with zero attached hydrogens (tertiary/aromatic N) is 1. The molecule has 5 nitrogen and oxygen atoms in total. The Kier molecular flexibility index (Phi) is 6.04. The molecule has 1 heterocycles. The molecule has 0 aliphatic heterocycles. The molecule has 0 radical (unpaired) electrons. The second-order valence-electron chi connectivity index (χ2n) is 5.43. The van der Waals surface area contributed by atoms with Crippen LogP contribution in [-0.4, -0.2) is 23.1 Å². The normalized spacial score (nSPS) is 10.3. The van der Waals surface area contributed by atoms with Crippen molar-refractivity contribution in [2.24, 2.45) is 0 Å². The zero-order valence-electron chi connectivity index (χ0n) is 14.1. The molecule has 0 fully saturated rings. The maximum atomic E-state index is 12.3. The predicted molar refractivity (Wildman–Crippen MR) is 107 cm³/mol. The van der Waals surface area contributed by atoms with Crippen molar-refractivity contribution in [3.63, 3.8) is 0 Å². The van der Waals surface area contributed by atoms with E-state index in [-0.39, 0.29) is 23.9 Å². The van der Waals surface area contributed by atoms with E-state index < -0.39 is 0 Å². The predicted octanol–water partition coefficient (Wildman–Crippen LogP) is 4.30. The first-order valence-electron chi connectivity index (χ1n) is 7.89. The van der Waals surface area contributed by atoms with Gasteiger partial charge in [-0.1, -0.05) is 36.4 Å². The first kappa shape index (κ1) is 18.2. The summed E-state index contributed by atoms with van der Waals surface area (Å²) in [5, 5.41) is 7.59. The van der Waals surface area contributed by atoms with Crippen LogP contribution in [0.2, 0.25) is 0 Å². The number of carbonyl (C=O) groups is 2. The Morgan fingerprint density at radius 1 is 1.08 bits per heavy atom. The van der Waals surface area contributed by atoms with Gasteiger partial charge in [-0.15, -0.1) is 23.1 Å². The third-order valence-corrected chi connectivity index (χ3v) is 5.00. The van der Waals surface area contributed by atoms with E-state index >= 15 is 0 Å². The topological polar surface area (TPSA) is 71.1 Å². The summed E-state index contributed by atoms with van der Waals surface area (Å²) in [6.45, 7) is 0. The van der Waals surface area contributed by atoms with Crippen LogP contribution in [0.1, 0.15) is 16.1 Å². The molecule has 0 bridgehead atoms. The highest BCUT2D eigenvalue weighted by molar-refractivity contribution is 7.98. The molecular weight excluding hydrogens is 366 g/mol. The van der Waals surface area contributed by atoms with E-state index in [1.54, 1.807) is 17.1 Å². The first-order valence-corrected chi connectivity index (χ1v) is 9.99. The lowest BCUT2D eigenvalue weighted by molar-refractivity contribution is -0.115. The fraction of sp³-hybridized carbons (Fsp3) is 0.105. The zero-order chi connectivity index (χ0) is 18.4. The maximum absolute atomic E-state index is 12.3. The average Bonchev–Trinajstić information content (AvgIpc) is 3.11. The second kappa shape index (κ2) is 8.64. The van der Waals surface area contributed by atoms with Crippen molar-refractivity contribution >= 4 is 45.7 Å². The van der Waals surface area contributed by atoms with Crippen LogP contribution < -0.4 is 10.6 Å². The summed E-state index contributed by atoms with van der Waals surface area (Å²) < 4.78 is 0. The first-order chi connectivity index (χ1) is 12.6. The van der Waals surface area contributed by atoms with Gasteiger partial charge in [0.2, 0.25) is 5.91 Å². The number of thioether (sulfide) groups is 1. The molecule has 1 aromatic heterocycles. The quantitative estimate of drug-likeness (QED) is 0.623. The molecule has 0 aliphatic rings. The van der Waals surface area contributed by atoms with E-state index in [9.17, 15) is 9.59 Å². The van der Waals surface area contributed by atoms with Gasteiger partial charge in [-0.2, -0.15) is 0 Å². The summed E-state index contributed by atoms with van der Waals surface area (Å²) in [7, 11) is 0. The number of hydrogen-bond donors (Lipinski definition) is 2. The van der Waals surface area contributed by atoms with E-state index in [0.29, 0.717) is 10.8 Å². The Morgan fingerprint density at radius 2 is 1.88 bits per heavy atom. The maximum Gasteiger partial charge on any atom is 0.275 e. The number of amides is 2. The van der Waals surface area contributed by atoms with Gasteiger partial charge in [0, 0.05) is 16.0 Å². The van der Waals surface area contributed by atoms with Crippen molar-refractivity contribution in [3.8, 4) is 0 Å². The fourth-order valence-corrected chi connectivity index (χ4v) is 3.44. The van der Waals surface area contributed by atoms with Crippen LogP contribution in [0.4, 0.5) is 10.8 Å². The highest BCUT2D eigenvalue weighted by atomic mass is 32.2. The third kappa shape index (κ3) is 4.93. The van der Waals surface area contributed by atoms with Crippen LogP contribution in [0.25, 0.3) is 0 Å². The standard InChI is InChI=1S/C19H17N3O2S2/c1-25-15-9-5-8-14(11-15)20-18(24)16-12-26-19(21-16)22-17(23)10-13-6-3-2-4-7-13/h2-9,11-12H,10H2,1H3,(H,20,24)(H,21,22,23). The number of rotatable bonds is 6. The van der Waals surface area contributed by atoms with Crippen LogP contribution >= 0.6 is 23.1 Å². The van der Waals surface area contributed by atoms with Crippen molar-refractivity contribution < 1.29 is 9.59 Å². The Bertz CT molecular complexity index is 910. The van der Waals surface area contributed by atoms with Gasteiger partial charge >= 0.3 is 0 Å². The summed E-state index contributed by atoms with van der Waals surface area (Å²) in [6.07, 6.45) is 2.25. The minimum Gasteiger partial charge on any atom is -0.321 e. The van der Waals surface area contributed by atoms with Crippen LogP contribution in [0.3, 0.4) is 0 Å². The van der Waals surface area contributed by atoms with Gasteiger partial charge in [-0.25, -0.2) is 4.98 Å². The highest BCUT2D eigenvalue weighted by Crippen LogP contribution is 2.21. The molecule has 0 saturated carbocycles. The number of thiazole rings is 1.